The van der Waals surface area contributed by atoms with Crippen molar-refractivity contribution in [3.63, 3.8) is 0 Å². The SMILES string of the molecule is CCCN(C(C)C)C(F)CC. The van der Waals surface area contributed by atoms with E-state index in [0.29, 0.717) is 12.5 Å². The molecule has 0 N–H and O–H groups in total. The molecule has 0 saturated carbocycles. The lowest BCUT2D eigenvalue weighted by atomic mass is 10.2. The van der Waals surface area contributed by atoms with E-state index < -0.39 is 6.30 Å². The van der Waals surface area contributed by atoms with Crippen LogP contribution in [0.3, 0.4) is 0 Å². The maximum atomic E-state index is 13.2. The molecule has 0 rings (SSSR count). The van der Waals surface area contributed by atoms with Gasteiger partial charge in [-0.05, 0) is 26.7 Å². The second kappa shape index (κ2) is 5.53. The van der Waals surface area contributed by atoms with Crippen LogP contribution < -0.4 is 0 Å². The maximum Gasteiger partial charge on any atom is 0.153 e. The molecule has 0 saturated heterocycles. The van der Waals surface area contributed by atoms with Gasteiger partial charge in [0.1, 0.15) is 0 Å². The van der Waals surface area contributed by atoms with Crippen LogP contribution in [-0.4, -0.2) is 23.8 Å². The second-order valence-electron chi connectivity index (χ2n) is 3.17. The zero-order chi connectivity index (χ0) is 8.85. The number of rotatable bonds is 5. The summed E-state index contributed by atoms with van der Waals surface area (Å²) in [6, 6.07) is 0.324. The lowest BCUT2D eigenvalue weighted by Gasteiger charge is -2.28. The molecule has 0 aliphatic rings. The highest BCUT2D eigenvalue weighted by molar-refractivity contribution is 4.64. The molecule has 1 atom stereocenters. The van der Waals surface area contributed by atoms with Crippen LogP contribution in [0.25, 0.3) is 0 Å². The van der Waals surface area contributed by atoms with Crippen molar-refractivity contribution in [2.75, 3.05) is 6.54 Å². The van der Waals surface area contributed by atoms with Crippen molar-refractivity contribution in [1.82, 2.24) is 4.90 Å². The first-order chi connectivity index (χ1) is 5.13. The number of nitrogens with zero attached hydrogens (tertiary/aromatic N) is 1. The van der Waals surface area contributed by atoms with Crippen molar-refractivity contribution in [3.05, 3.63) is 0 Å². The summed E-state index contributed by atoms with van der Waals surface area (Å²) in [5.74, 6) is 0. The molecule has 0 spiro atoms. The highest BCUT2D eigenvalue weighted by Gasteiger charge is 2.16. The first-order valence-corrected chi connectivity index (χ1v) is 4.53. The first-order valence-electron chi connectivity index (χ1n) is 4.53. The minimum Gasteiger partial charge on any atom is -0.272 e. The number of alkyl halides is 1. The molecule has 0 aliphatic heterocycles. The van der Waals surface area contributed by atoms with Crippen LogP contribution in [0.4, 0.5) is 4.39 Å². The van der Waals surface area contributed by atoms with Gasteiger partial charge in [0, 0.05) is 12.6 Å². The van der Waals surface area contributed by atoms with Gasteiger partial charge in [-0.1, -0.05) is 13.8 Å². The molecular weight excluding hydrogens is 141 g/mol. The Kier molecular flexibility index (Phi) is 5.47. The topological polar surface area (TPSA) is 3.24 Å². The van der Waals surface area contributed by atoms with Gasteiger partial charge in [-0.25, -0.2) is 4.39 Å². The Morgan fingerprint density at radius 2 is 1.82 bits per heavy atom. The summed E-state index contributed by atoms with van der Waals surface area (Å²) in [6.07, 6.45) is 0.867. The van der Waals surface area contributed by atoms with Crippen molar-refractivity contribution in [3.8, 4) is 0 Å². The summed E-state index contributed by atoms with van der Waals surface area (Å²) >= 11 is 0. The molecule has 0 aliphatic carbocycles. The van der Waals surface area contributed by atoms with Gasteiger partial charge in [-0.2, -0.15) is 0 Å². The van der Waals surface area contributed by atoms with Crippen molar-refractivity contribution in [2.24, 2.45) is 0 Å². The van der Waals surface area contributed by atoms with E-state index in [0.717, 1.165) is 13.0 Å². The molecule has 0 heterocycles. The van der Waals surface area contributed by atoms with Crippen molar-refractivity contribution >= 4 is 0 Å². The van der Waals surface area contributed by atoms with E-state index in [1.165, 1.54) is 0 Å². The van der Waals surface area contributed by atoms with Crippen molar-refractivity contribution in [2.45, 2.75) is 52.9 Å². The molecule has 0 bridgehead atoms. The summed E-state index contributed by atoms with van der Waals surface area (Å²) in [5.41, 5.74) is 0. The van der Waals surface area contributed by atoms with Crippen molar-refractivity contribution in [1.29, 1.82) is 0 Å². The van der Waals surface area contributed by atoms with E-state index in [2.05, 4.69) is 6.92 Å². The van der Waals surface area contributed by atoms with Crippen LogP contribution in [-0.2, 0) is 0 Å². The Morgan fingerprint density at radius 3 is 2.09 bits per heavy atom. The summed E-state index contributed by atoms with van der Waals surface area (Å²) in [6.45, 7) is 8.91. The average Bonchev–Trinajstić information content (AvgIpc) is 1.98. The van der Waals surface area contributed by atoms with Gasteiger partial charge in [0.2, 0.25) is 0 Å². The van der Waals surface area contributed by atoms with Gasteiger partial charge in [-0.15, -0.1) is 0 Å². The van der Waals surface area contributed by atoms with E-state index in [4.69, 9.17) is 0 Å². The summed E-state index contributed by atoms with van der Waals surface area (Å²) in [5, 5.41) is 0. The van der Waals surface area contributed by atoms with E-state index in [-0.39, 0.29) is 0 Å². The van der Waals surface area contributed by atoms with E-state index in [9.17, 15) is 4.39 Å². The molecule has 1 nitrogen and oxygen atoms in total. The molecule has 0 amide bonds. The molecule has 0 radical (unpaired) electrons. The second-order valence-corrected chi connectivity index (χ2v) is 3.17. The van der Waals surface area contributed by atoms with Crippen molar-refractivity contribution < 1.29 is 4.39 Å². The minimum atomic E-state index is -0.755. The molecule has 11 heavy (non-hydrogen) atoms. The Morgan fingerprint density at radius 1 is 1.27 bits per heavy atom. The van der Waals surface area contributed by atoms with E-state index in [1.54, 1.807) is 0 Å². The predicted molar refractivity (Wildman–Crippen MR) is 47.3 cm³/mol. The fourth-order valence-corrected chi connectivity index (χ4v) is 1.21. The number of halogens is 1. The Hall–Kier alpha value is -0.110. The summed E-state index contributed by atoms with van der Waals surface area (Å²) in [7, 11) is 0. The molecule has 2 heteroatoms. The normalized spacial score (nSPS) is 14.5. The standard InChI is InChI=1S/C9H20FN/c1-5-7-11(8(3)4)9(10)6-2/h8-9H,5-7H2,1-4H3. The largest absolute Gasteiger partial charge is 0.272 e. The van der Waals surface area contributed by atoms with Gasteiger partial charge < -0.3 is 0 Å². The van der Waals surface area contributed by atoms with Gasteiger partial charge in [0.05, 0.1) is 0 Å². The Labute approximate surface area is 69.6 Å². The van der Waals surface area contributed by atoms with Crippen LogP contribution in [0, 0.1) is 0 Å². The highest BCUT2D eigenvalue weighted by Crippen LogP contribution is 2.10. The Bertz CT molecular complexity index is 93.6. The average molecular weight is 161 g/mol. The minimum absolute atomic E-state index is 0.324. The molecule has 0 fully saturated rings. The zero-order valence-corrected chi connectivity index (χ0v) is 8.10. The zero-order valence-electron chi connectivity index (χ0n) is 8.10. The third kappa shape index (κ3) is 3.71. The lowest BCUT2D eigenvalue weighted by Crippen LogP contribution is -2.38. The number of hydrogen-bond donors (Lipinski definition) is 0. The maximum absolute atomic E-state index is 13.2. The van der Waals surface area contributed by atoms with Crippen LogP contribution in [0.2, 0.25) is 0 Å². The first kappa shape index (κ1) is 10.9. The molecule has 1 unspecified atom stereocenters. The fraction of sp³-hybridized carbons (Fsp3) is 1.00. The lowest BCUT2D eigenvalue weighted by molar-refractivity contribution is 0.0510. The quantitative estimate of drug-likeness (QED) is 0.560. The van der Waals surface area contributed by atoms with Crippen LogP contribution in [0.5, 0.6) is 0 Å². The highest BCUT2D eigenvalue weighted by atomic mass is 19.1. The molecule has 68 valence electrons. The van der Waals surface area contributed by atoms with Crippen LogP contribution in [0.1, 0.15) is 40.5 Å². The van der Waals surface area contributed by atoms with Crippen LogP contribution in [0.15, 0.2) is 0 Å². The molecule has 0 aromatic carbocycles. The van der Waals surface area contributed by atoms with Crippen LogP contribution >= 0.6 is 0 Å². The number of hydrogen-bond acceptors (Lipinski definition) is 1. The predicted octanol–water partition coefficient (Wildman–Crippen LogP) is 2.81. The smallest absolute Gasteiger partial charge is 0.153 e. The third-order valence-electron chi connectivity index (χ3n) is 1.84. The van der Waals surface area contributed by atoms with Gasteiger partial charge in [0.25, 0.3) is 0 Å². The molecular formula is C9H20FN. The van der Waals surface area contributed by atoms with Gasteiger partial charge in [0.15, 0.2) is 6.30 Å². The Balaban J connectivity index is 3.87. The summed E-state index contributed by atoms with van der Waals surface area (Å²) < 4.78 is 13.2. The monoisotopic (exact) mass is 161 g/mol. The summed E-state index contributed by atoms with van der Waals surface area (Å²) in [4.78, 5) is 1.90. The molecule has 0 aromatic heterocycles. The van der Waals surface area contributed by atoms with E-state index >= 15 is 0 Å². The van der Waals surface area contributed by atoms with Gasteiger partial charge >= 0.3 is 0 Å². The van der Waals surface area contributed by atoms with E-state index in [1.807, 2.05) is 25.7 Å². The third-order valence-corrected chi connectivity index (χ3v) is 1.84. The van der Waals surface area contributed by atoms with Gasteiger partial charge in [-0.3, -0.25) is 4.90 Å². The fourth-order valence-electron chi connectivity index (χ4n) is 1.21. The molecule has 0 aromatic rings.